The Morgan fingerprint density at radius 2 is 2.09 bits per heavy atom. The number of alkyl halides is 3. The maximum absolute atomic E-state index is 12.9. The molecule has 0 saturated carbocycles. The molecule has 2 aromatic heterocycles. The van der Waals surface area contributed by atoms with Crippen LogP contribution in [0, 0.1) is 12.8 Å². The molecule has 126 valence electrons. The predicted octanol–water partition coefficient (Wildman–Crippen LogP) is 2.05. The second-order valence-corrected chi connectivity index (χ2v) is 5.96. The molecule has 0 amide bonds. The third-order valence-corrected chi connectivity index (χ3v) is 4.27. The van der Waals surface area contributed by atoms with Crippen molar-refractivity contribution < 1.29 is 18.3 Å². The van der Waals surface area contributed by atoms with Gasteiger partial charge in [-0.3, -0.25) is 0 Å². The summed E-state index contributed by atoms with van der Waals surface area (Å²) in [6.07, 6.45) is -2.74. The molecule has 0 radical (unpaired) electrons. The van der Waals surface area contributed by atoms with Gasteiger partial charge in [0.25, 0.3) is 11.6 Å². The lowest BCUT2D eigenvalue weighted by Gasteiger charge is -2.40. The lowest BCUT2D eigenvalue weighted by Crippen LogP contribution is -2.47. The van der Waals surface area contributed by atoms with E-state index in [9.17, 15) is 18.3 Å². The molecule has 0 unspecified atom stereocenters. The first kappa shape index (κ1) is 16.0. The molecular weight excluding hydrogens is 311 g/mol. The largest absolute Gasteiger partial charge is 0.453 e. The average molecular weight is 329 g/mol. The van der Waals surface area contributed by atoms with E-state index in [4.69, 9.17) is 0 Å². The summed E-state index contributed by atoms with van der Waals surface area (Å²) in [5.41, 5.74) is 0.559. The SMILES string of the molecule is Cc1cc(N2CCC[C@@H](C)[C@H]2CO)n2nc(C(F)(F)F)nc2n1. The van der Waals surface area contributed by atoms with Gasteiger partial charge in [-0.1, -0.05) is 6.92 Å². The smallest absolute Gasteiger partial charge is 0.394 e. The molecule has 1 aliphatic rings. The first-order valence-corrected chi connectivity index (χ1v) is 7.50. The van der Waals surface area contributed by atoms with E-state index < -0.39 is 12.0 Å². The first-order valence-electron chi connectivity index (χ1n) is 7.50. The zero-order valence-electron chi connectivity index (χ0n) is 12.9. The summed E-state index contributed by atoms with van der Waals surface area (Å²) in [6.45, 7) is 4.31. The lowest BCUT2D eigenvalue weighted by atomic mass is 9.91. The van der Waals surface area contributed by atoms with Gasteiger partial charge in [-0.05, 0) is 25.7 Å². The predicted molar refractivity (Wildman–Crippen MR) is 77.1 cm³/mol. The molecule has 1 saturated heterocycles. The standard InChI is InChI=1S/C14H18F3N5O/c1-8-4-3-5-21(10(8)7-23)11-6-9(2)18-13-19-12(14(15,16)17)20-22(11)13/h6,8,10,23H,3-5,7H2,1-2H3/t8-,10-/m1/s1. The second-order valence-electron chi connectivity index (χ2n) is 5.96. The van der Waals surface area contributed by atoms with E-state index in [-0.39, 0.29) is 24.3 Å². The zero-order chi connectivity index (χ0) is 16.8. The number of hydrogen-bond acceptors (Lipinski definition) is 5. The minimum Gasteiger partial charge on any atom is -0.394 e. The highest BCUT2D eigenvalue weighted by Gasteiger charge is 2.37. The van der Waals surface area contributed by atoms with E-state index in [0.29, 0.717) is 18.1 Å². The Morgan fingerprint density at radius 1 is 1.35 bits per heavy atom. The minimum atomic E-state index is -4.62. The summed E-state index contributed by atoms with van der Waals surface area (Å²) >= 11 is 0. The minimum absolute atomic E-state index is 0.0646. The van der Waals surface area contributed by atoms with Crippen LogP contribution in [0.2, 0.25) is 0 Å². The number of halogens is 3. The molecule has 1 N–H and O–H groups in total. The van der Waals surface area contributed by atoms with Gasteiger partial charge < -0.3 is 10.0 Å². The van der Waals surface area contributed by atoms with Gasteiger partial charge in [0.1, 0.15) is 5.82 Å². The third-order valence-electron chi connectivity index (χ3n) is 4.27. The number of hydrogen-bond donors (Lipinski definition) is 1. The second kappa shape index (κ2) is 5.63. The molecule has 3 heterocycles. The van der Waals surface area contributed by atoms with Gasteiger partial charge in [0.05, 0.1) is 12.6 Å². The van der Waals surface area contributed by atoms with Crippen LogP contribution in [0.5, 0.6) is 0 Å². The molecule has 2 atom stereocenters. The number of aromatic nitrogens is 4. The Bertz CT molecular complexity index is 714. The molecule has 2 aromatic rings. The van der Waals surface area contributed by atoms with Crippen LogP contribution in [-0.2, 0) is 6.18 Å². The summed E-state index contributed by atoms with van der Waals surface area (Å²) in [7, 11) is 0. The van der Waals surface area contributed by atoms with E-state index in [0.717, 1.165) is 17.4 Å². The summed E-state index contributed by atoms with van der Waals surface area (Å²) in [5, 5.41) is 13.3. The first-order chi connectivity index (χ1) is 10.8. The van der Waals surface area contributed by atoms with Crippen LogP contribution in [0.15, 0.2) is 6.07 Å². The van der Waals surface area contributed by atoms with E-state index in [1.807, 2.05) is 11.8 Å². The molecule has 0 aromatic carbocycles. The molecule has 9 heteroatoms. The van der Waals surface area contributed by atoms with E-state index in [1.165, 1.54) is 0 Å². The Labute approximate surface area is 131 Å². The van der Waals surface area contributed by atoms with Crippen molar-refractivity contribution in [1.82, 2.24) is 19.6 Å². The van der Waals surface area contributed by atoms with Crippen LogP contribution in [0.4, 0.5) is 19.0 Å². The fraction of sp³-hybridized carbons (Fsp3) is 0.643. The summed E-state index contributed by atoms with van der Waals surface area (Å²) in [6, 6.07) is 1.52. The van der Waals surface area contributed by atoms with Crippen molar-refractivity contribution in [2.75, 3.05) is 18.1 Å². The fourth-order valence-electron chi connectivity index (χ4n) is 3.10. The maximum atomic E-state index is 12.9. The van der Waals surface area contributed by atoms with Crippen molar-refractivity contribution in [2.24, 2.45) is 5.92 Å². The van der Waals surface area contributed by atoms with Gasteiger partial charge in [0.2, 0.25) is 0 Å². The highest BCUT2D eigenvalue weighted by atomic mass is 19.4. The number of aliphatic hydroxyl groups is 1. The highest BCUT2D eigenvalue weighted by Crippen LogP contribution is 2.31. The van der Waals surface area contributed by atoms with Gasteiger partial charge in [-0.25, -0.2) is 4.98 Å². The molecule has 1 fully saturated rings. The fourth-order valence-corrected chi connectivity index (χ4v) is 3.10. The van der Waals surface area contributed by atoms with Crippen LogP contribution in [0.1, 0.15) is 31.3 Å². The molecule has 0 spiro atoms. The Kier molecular flexibility index (Phi) is 3.91. The number of piperidine rings is 1. The van der Waals surface area contributed by atoms with E-state index >= 15 is 0 Å². The van der Waals surface area contributed by atoms with Crippen molar-refractivity contribution in [2.45, 2.75) is 38.9 Å². The lowest BCUT2D eigenvalue weighted by molar-refractivity contribution is -0.144. The Morgan fingerprint density at radius 3 is 2.74 bits per heavy atom. The number of rotatable bonds is 2. The summed E-state index contributed by atoms with van der Waals surface area (Å²) in [4.78, 5) is 9.44. The van der Waals surface area contributed by atoms with Gasteiger partial charge in [-0.2, -0.15) is 22.7 Å². The van der Waals surface area contributed by atoms with Crippen molar-refractivity contribution in [3.63, 3.8) is 0 Å². The van der Waals surface area contributed by atoms with Crippen molar-refractivity contribution in [3.05, 3.63) is 17.6 Å². The number of anilines is 1. The van der Waals surface area contributed by atoms with Crippen LogP contribution >= 0.6 is 0 Å². The van der Waals surface area contributed by atoms with E-state index in [1.54, 1.807) is 13.0 Å². The monoisotopic (exact) mass is 329 g/mol. The highest BCUT2D eigenvalue weighted by molar-refractivity contribution is 5.49. The molecule has 0 bridgehead atoms. The Balaban J connectivity index is 2.14. The molecular formula is C14H18F3N5O. The average Bonchev–Trinajstić information content (AvgIpc) is 2.90. The number of aryl methyl sites for hydroxylation is 1. The van der Waals surface area contributed by atoms with Crippen LogP contribution in [0.25, 0.3) is 5.78 Å². The molecule has 1 aliphatic heterocycles. The van der Waals surface area contributed by atoms with Crippen LogP contribution < -0.4 is 4.90 Å². The molecule has 3 rings (SSSR count). The summed E-state index contributed by atoms with van der Waals surface area (Å²) in [5.74, 6) is -0.561. The normalized spacial score (nSPS) is 22.8. The van der Waals surface area contributed by atoms with Crippen LogP contribution in [-0.4, -0.2) is 43.9 Å². The van der Waals surface area contributed by atoms with Crippen molar-refractivity contribution in [3.8, 4) is 0 Å². The zero-order valence-corrected chi connectivity index (χ0v) is 12.9. The molecule has 6 nitrogen and oxygen atoms in total. The maximum Gasteiger partial charge on any atom is 0.453 e. The summed E-state index contributed by atoms with van der Waals surface area (Å²) < 4.78 is 39.8. The molecule has 23 heavy (non-hydrogen) atoms. The quantitative estimate of drug-likeness (QED) is 0.913. The van der Waals surface area contributed by atoms with Crippen molar-refractivity contribution in [1.29, 1.82) is 0 Å². The number of nitrogens with zero attached hydrogens (tertiary/aromatic N) is 5. The molecule has 0 aliphatic carbocycles. The number of fused-ring (bicyclic) bond motifs is 1. The van der Waals surface area contributed by atoms with E-state index in [2.05, 4.69) is 15.1 Å². The number of aliphatic hydroxyl groups excluding tert-OH is 1. The topological polar surface area (TPSA) is 66.5 Å². The van der Waals surface area contributed by atoms with Gasteiger partial charge in [-0.15, -0.1) is 5.10 Å². The van der Waals surface area contributed by atoms with Gasteiger partial charge >= 0.3 is 6.18 Å². The van der Waals surface area contributed by atoms with Gasteiger partial charge in [0.15, 0.2) is 0 Å². The third kappa shape index (κ3) is 2.85. The van der Waals surface area contributed by atoms with Gasteiger partial charge in [0, 0.05) is 18.3 Å². The van der Waals surface area contributed by atoms with Crippen molar-refractivity contribution >= 4 is 11.6 Å². The van der Waals surface area contributed by atoms with Crippen LogP contribution in [0.3, 0.4) is 0 Å². The Hall–Kier alpha value is -1.90.